The molecule has 0 bridgehead atoms. The second kappa shape index (κ2) is 4.51. The van der Waals surface area contributed by atoms with Gasteiger partial charge in [0.1, 0.15) is 17.5 Å². The first kappa shape index (κ1) is 12.7. The van der Waals surface area contributed by atoms with Gasteiger partial charge in [-0.3, -0.25) is 9.59 Å². The van der Waals surface area contributed by atoms with E-state index >= 15 is 0 Å². The van der Waals surface area contributed by atoms with Crippen molar-refractivity contribution in [3.63, 3.8) is 0 Å². The van der Waals surface area contributed by atoms with Crippen molar-refractivity contribution in [1.29, 1.82) is 0 Å². The monoisotopic (exact) mass is 260 g/mol. The van der Waals surface area contributed by atoms with Gasteiger partial charge in [0.2, 0.25) is 0 Å². The van der Waals surface area contributed by atoms with E-state index in [2.05, 4.69) is 0 Å². The molecule has 0 aromatic heterocycles. The van der Waals surface area contributed by atoms with Gasteiger partial charge < -0.3 is 0 Å². The summed E-state index contributed by atoms with van der Waals surface area (Å²) < 4.78 is 53.0. The minimum Gasteiger partial charge on any atom is -0.299 e. The highest BCUT2D eigenvalue weighted by molar-refractivity contribution is 6.09. The zero-order chi connectivity index (χ0) is 13.4. The van der Waals surface area contributed by atoms with Crippen molar-refractivity contribution in [3.8, 4) is 0 Å². The van der Waals surface area contributed by atoms with E-state index < -0.39 is 46.3 Å². The van der Waals surface area contributed by atoms with Gasteiger partial charge in [-0.25, -0.2) is 17.6 Å². The van der Waals surface area contributed by atoms with Gasteiger partial charge in [0.25, 0.3) is 0 Å². The molecular weight excluding hydrogens is 252 g/mol. The van der Waals surface area contributed by atoms with Gasteiger partial charge in [0.15, 0.2) is 23.3 Å². The number of carbonyl (C=O) groups excluding carboxylic acids is 2. The van der Waals surface area contributed by atoms with Crippen molar-refractivity contribution in [1.82, 2.24) is 0 Å². The molecule has 0 heterocycles. The molecule has 0 unspecified atom stereocenters. The Morgan fingerprint density at radius 2 is 1.33 bits per heavy atom. The second-order valence-electron chi connectivity index (χ2n) is 4.10. The summed E-state index contributed by atoms with van der Waals surface area (Å²) in [6.45, 7) is 0. The molecule has 1 aliphatic rings. The highest BCUT2D eigenvalue weighted by Crippen LogP contribution is 2.32. The highest BCUT2D eigenvalue weighted by Gasteiger charge is 2.37. The van der Waals surface area contributed by atoms with Gasteiger partial charge in [-0.2, -0.15) is 0 Å². The normalized spacial score (nSPS) is 17.3. The molecule has 18 heavy (non-hydrogen) atoms. The maximum atomic E-state index is 13.5. The van der Waals surface area contributed by atoms with E-state index in [1.54, 1.807) is 0 Å². The van der Waals surface area contributed by atoms with E-state index in [1.165, 1.54) is 0 Å². The standard InChI is InChI=1S/C12H8F4O2/c13-5-4-6(14)12(16)10(11(5)15)9-7(17)2-1-3-8(9)18/h4,9H,1-3H2. The van der Waals surface area contributed by atoms with E-state index in [1.807, 2.05) is 0 Å². The zero-order valence-electron chi connectivity index (χ0n) is 9.10. The van der Waals surface area contributed by atoms with Crippen molar-refractivity contribution >= 4 is 11.6 Å². The van der Waals surface area contributed by atoms with Crippen molar-refractivity contribution in [3.05, 3.63) is 34.9 Å². The molecule has 0 atom stereocenters. The highest BCUT2D eigenvalue weighted by atomic mass is 19.2. The molecular formula is C12H8F4O2. The Bertz CT molecular complexity index is 497. The van der Waals surface area contributed by atoms with Gasteiger partial charge in [0, 0.05) is 24.5 Å². The molecule has 1 aromatic carbocycles. The lowest BCUT2D eigenvalue weighted by Crippen LogP contribution is -2.29. The van der Waals surface area contributed by atoms with Crippen LogP contribution in [0.4, 0.5) is 17.6 Å². The Kier molecular flexibility index (Phi) is 3.19. The molecule has 0 spiro atoms. The first-order valence-electron chi connectivity index (χ1n) is 5.31. The smallest absolute Gasteiger partial charge is 0.166 e. The third-order valence-electron chi connectivity index (χ3n) is 2.92. The summed E-state index contributed by atoms with van der Waals surface area (Å²) in [4.78, 5) is 23.1. The number of halogens is 4. The topological polar surface area (TPSA) is 34.1 Å². The Morgan fingerprint density at radius 3 is 1.78 bits per heavy atom. The average molecular weight is 260 g/mol. The molecule has 96 valence electrons. The number of carbonyl (C=O) groups is 2. The third kappa shape index (κ3) is 1.91. The lowest BCUT2D eigenvalue weighted by molar-refractivity contribution is -0.132. The lowest BCUT2D eigenvalue weighted by atomic mass is 9.81. The van der Waals surface area contributed by atoms with E-state index in [0.717, 1.165) is 0 Å². The number of hydrogen-bond acceptors (Lipinski definition) is 2. The van der Waals surface area contributed by atoms with Crippen molar-refractivity contribution in [2.24, 2.45) is 0 Å². The first-order valence-corrected chi connectivity index (χ1v) is 5.31. The number of hydrogen-bond donors (Lipinski definition) is 0. The maximum Gasteiger partial charge on any atom is 0.166 e. The van der Waals surface area contributed by atoms with Crippen LogP contribution in [0.3, 0.4) is 0 Å². The Morgan fingerprint density at radius 1 is 0.889 bits per heavy atom. The predicted molar refractivity (Wildman–Crippen MR) is 52.9 cm³/mol. The van der Waals surface area contributed by atoms with Gasteiger partial charge in [0.05, 0.1) is 0 Å². The fourth-order valence-electron chi connectivity index (χ4n) is 2.07. The fraction of sp³-hybridized carbons (Fsp3) is 0.333. The van der Waals surface area contributed by atoms with Crippen molar-refractivity contribution in [2.45, 2.75) is 25.2 Å². The van der Waals surface area contributed by atoms with Crippen LogP contribution in [-0.4, -0.2) is 11.6 Å². The number of rotatable bonds is 1. The molecule has 1 aromatic rings. The summed E-state index contributed by atoms with van der Waals surface area (Å²) in [6, 6.07) is 0.0476. The minimum atomic E-state index is -1.73. The second-order valence-corrected chi connectivity index (χ2v) is 4.10. The summed E-state index contributed by atoms with van der Waals surface area (Å²) in [6.07, 6.45) is 0.218. The van der Waals surface area contributed by atoms with Crippen LogP contribution in [0.1, 0.15) is 30.7 Å². The maximum absolute atomic E-state index is 13.5. The van der Waals surface area contributed by atoms with E-state index in [9.17, 15) is 27.2 Å². The first-order chi connectivity index (χ1) is 8.43. The quantitative estimate of drug-likeness (QED) is 0.442. The summed E-state index contributed by atoms with van der Waals surface area (Å²) in [5, 5.41) is 0. The molecule has 2 nitrogen and oxygen atoms in total. The number of Topliss-reactive ketones (excluding diaryl/α,β-unsaturated/α-hetero) is 2. The van der Waals surface area contributed by atoms with Crippen LogP contribution in [-0.2, 0) is 9.59 Å². The van der Waals surface area contributed by atoms with Crippen LogP contribution < -0.4 is 0 Å². The van der Waals surface area contributed by atoms with Crippen LogP contribution in [0.15, 0.2) is 6.07 Å². The molecule has 6 heteroatoms. The van der Waals surface area contributed by atoms with Gasteiger partial charge in [-0.1, -0.05) is 0 Å². The lowest BCUT2D eigenvalue weighted by Gasteiger charge is -2.20. The van der Waals surface area contributed by atoms with Crippen LogP contribution >= 0.6 is 0 Å². The molecule has 0 radical (unpaired) electrons. The SMILES string of the molecule is O=C1CCCC(=O)C1c1c(F)c(F)cc(F)c1F. The predicted octanol–water partition coefficient (Wildman–Crippen LogP) is 2.65. The third-order valence-corrected chi connectivity index (χ3v) is 2.92. The van der Waals surface area contributed by atoms with E-state index in [-0.39, 0.29) is 25.3 Å². The van der Waals surface area contributed by atoms with Crippen LogP contribution in [0.2, 0.25) is 0 Å². The van der Waals surface area contributed by atoms with Crippen LogP contribution in [0, 0.1) is 23.3 Å². The zero-order valence-corrected chi connectivity index (χ0v) is 9.10. The largest absolute Gasteiger partial charge is 0.299 e. The summed E-state index contributed by atoms with van der Waals surface area (Å²) in [5.74, 6) is -9.75. The Balaban J connectivity index is 2.62. The fourth-order valence-corrected chi connectivity index (χ4v) is 2.07. The molecule has 1 fully saturated rings. The number of ketones is 2. The van der Waals surface area contributed by atoms with Gasteiger partial charge in [-0.15, -0.1) is 0 Å². The number of benzene rings is 1. The van der Waals surface area contributed by atoms with Gasteiger partial charge >= 0.3 is 0 Å². The molecule has 0 amide bonds. The van der Waals surface area contributed by atoms with Crippen LogP contribution in [0.5, 0.6) is 0 Å². The van der Waals surface area contributed by atoms with Crippen molar-refractivity contribution < 1.29 is 27.2 Å². The van der Waals surface area contributed by atoms with E-state index in [0.29, 0.717) is 0 Å². The molecule has 0 saturated heterocycles. The minimum absolute atomic E-state index is 0.0343. The van der Waals surface area contributed by atoms with Crippen molar-refractivity contribution in [2.75, 3.05) is 0 Å². The average Bonchev–Trinajstić information content (AvgIpc) is 2.30. The Labute approximate surface area is 99.6 Å². The molecule has 1 aliphatic carbocycles. The molecule has 0 N–H and O–H groups in total. The molecule has 1 saturated carbocycles. The summed E-state index contributed by atoms with van der Waals surface area (Å²) in [7, 11) is 0. The van der Waals surface area contributed by atoms with E-state index in [4.69, 9.17) is 0 Å². The molecule has 0 aliphatic heterocycles. The van der Waals surface area contributed by atoms with Crippen LogP contribution in [0.25, 0.3) is 0 Å². The van der Waals surface area contributed by atoms with Gasteiger partial charge in [-0.05, 0) is 6.42 Å². The Hall–Kier alpha value is -1.72. The summed E-state index contributed by atoms with van der Waals surface area (Å²) >= 11 is 0. The molecule has 2 rings (SSSR count). The summed E-state index contributed by atoms with van der Waals surface area (Å²) in [5.41, 5.74) is -1.11.